The maximum atomic E-state index is 13.3. The van der Waals surface area contributed by atoms with Crippen LogP contribution in [-0.4, -0.2) is 24.7 Å². The number of aromatic nitrogens is 5. The van der Waals surface area contributed by atoms with E-state index < -0.39 is 0 Å². The van der Waals surface area contributed by atoms with Gasteiger partial charge in [-0.25, -0.2) is 4.39 Å². The Morgan fingerprint density at radius 3 is 2.45 bits per heavy atom. The molecule has 0 spiro atoms. The Morgan fingerprint density at radius 1 is 0.966 bits per heavy atom. The second-order valence-corrected chi connectivity index (χ2v) is 7.21. The molecule has 0 fully saturated rings. The molecule has 0 aliphatic carbocycles. The number of rotatable bonds is 6. The lowest BCUT2D eigenvalue weighted by Gasteiger charge is -2.14. The van der Waals surface area contributed by atoms with E-state index in [0.717, 1.165) is 40.3 Å². The molecule has 4 aromatic rings. The summed E-state index contributed by atoms with van der Waals surface area (Å²) in [5, 5.41) is 4.29. The minimum Gasteiger partial charge on any atom is -0.268 e. The highest BCUT2D eigenvalue weighted by molar-refractivity contribution is 5.60. The SMILES string of the molecule is C[C@H](Cc1cc(-c2ccnn2C)cc(Cc2cnccn2)n1)c1ccc(F)cc1. The van der Waals surface area contributed by atoms with Crippen LogP contribution in [0.4, 0.5) is 4.39 Å². The number of benzene rings is 1. The van der Waals surface area contributed by atoms with E-state index in [1.807, 2.05) is 29.9 Å². The molecule has 0 N–H and O–H groups in total. The molecule has 0 radical (unpaired) electrons. The van der Waals surface area contributed by atoms with Gasteiger partial charge in [0, 0.05) is 55.2 Å². The predicted molar refractivity (Wildman–Crippen MR) is 110 cm³/mol. The highest BCUT2D eigenvalue weighted by Crippen LogP contribution is 2.25. The predicted octanol–water partition coefficient (Wildman–Crippen LogP) is 4.35. The Balaban J connectivity index is 1.67. The Morgan fingerprint density at radius 2 is 1.76 bits per heavy atom. The van der Waals surface area contributed by atoms with Crippen molar-refractivity contribution in [2.45, 2.75) is 25.7 Å². The highest BCUT2D eigenvalue weighted by atomic mass is 19.1. The second kappa shape index (κ2) is 8.31. The summed E-state index contributed by atoms with van der Waals surface area (Å²) in [6.07, 6.45) is 8.27. The number of aryl methyl sites for hydroxylation is 1. The Kier molecular flexibility index (Phi) is 5.42. The van der Waals surface area contributed by atoms with Crippen LogP contribution < -0.4 is 0 Å². The third kappa shape index (κ3) is 4.54. The first-order chi connectivity index (χ1) is 14.1. The molecule has 0 saturated carbocycles. The molecule has 0 aliphatic heterocycles. The van der Waals surface area contributed by atoms with E-state index in [1.54, 1.807) is 24.8 Å². The largest absolute Gasteiger partial charge is 0.268 e. The molecule has 6 heteroatoms. The van der Waals surface area contributed by atoms with Crippen LogP contribution in [0.1, 0.15) is 35.5 Å². The first-order valence-corrected chi connectivity index (χ1v) is 9.57. The maximum Gasteiger partial charge on any atom is 0.123 e. The summed E-state index contributed by atoms with van der Waals surface area (Å²) in [4.78, 5) is 13.4. The lowest BCUT2D eigenvalue weighted by atomic mass is 9.95. The molecule has 3 heterocycles. The fourth-order valence-electron chi connectivity index (χ4n) is 3.48. The average molecular weight is 387 g/mol. The van der Waals surface area contributed by atoms with Crippen LogP contribution in [-0.2, 0) is 19.9 Å². The van der Waals surface area contributed by atoms with Crippen LogP contribution in [0.25, 0.3) is 11.3 Å². The fraction of sp³-hybridized carbons (Fsp3) is 0.217. The Labute approximate surface area is 169 Å². The number of nitrogens with zero attached hydrogens (tertiary/aromatic N) is 5. The zero-order valence-electron chi connectivity index (χ0n) is 16.5. The third-order valence-electron chi connectivity index (χ3n) is 4.98. The molecule has 29 heavy (non-hydrogen) atoms. The summed E-state index contributed by atoms with van der Waals surface area (Å²) in [5.74, 6) is -0.00205. The molecule has 3 aromatic heterocycles. The third-order valence-corrected chi connectivity index (χ3v) is 4.98. The van der Waals surface area contributed by atoms with Gasteiger partial charge in [-0.3, -0.25) is 19.6 Å². The van der Waals surface area contributed by atoms with E-state index in [1.165, 1.54) is 12.1 Å². The molecule has 146 valence electrons. The fourth-order valence-corrected chi connectivity index (χ4v) is 3.48. The number of hydrogen-bond acceptors (Lipinski definition) is 4. The highest BCUT2D eigenvalue weighted by Gasteiger charge is 2.13. The molecule has 0 unspecified atom stereocenters. The van der Waals surface area contributed by atoms with E-state index in [2.05, 4.69) is 34.1 Å². The first kappa shape index (κ1) is 18.9. The van der Waals surface area contributed by atoms with Crippen molar-refractivity contribution in [1.29, 1.82) is 0 Å². The number of pyridine rings is 1. The van der Waals surface area contributed by atoms with Gasteiger partial charge in [0.15, 0.2) is 0 Å². The van der Waals surface area contributed by atoms with Gasteiger partial charge in [0.25, 0.3) is 0 Å². The molecule has 0 amide bonds. The zero-order chi connectivity index (χ0) is 20.2. The molecule has 0 saturated heterocycles. The van der Waals surface area contributed by atoms with Gasteiger partial charge in [0.2, 0.25) is 0 Å². The van der Waals surface area contributed by atoms with Crippen LogP contribution >= 0.6 is 0 Å². The monoisotopic (exact) mass is 387 g/mol. The van der Waals surface area contributed by atoms with Crippen molar-refractivity contribution in [3.63, 3.8) is 0 Å². The van der Waals surface area contributed by atoms with Crippen LogP contribution in [0.15, 0.2) is 67.3 Å². The normalized spacial score (nSPS) is 12.1. The van der Waals surface area contributed by atoms with Crippen molar-refractivity contribution >= 4 is 0 Å². The van der Waals surface area contributed by atoms with E-state index in [9.17, 15) is 4.39 Å². The molecule has 0 aliphatic rings. The molecule has 5 nitrogen and oxygen atoms in total. The lowest BCUT2D eigenvalue weighted by Crippen LogP contribution is -2.05. The Hall–Kier alpha value is -3.41. The topological polar surface area (TPSA) is 56.5 Å². The summed E-state index contributed by atoms with van der Waals surface area (Å²) in [6, 6.07) is 12.9. The molecular weight excluding hydrogens is 365 g/mol. The van der Waals surface area contributed by atoms with E-state index in [-0.39, 0.29) is 11.7 Å². The van der Waals surface area contributed by atoms with E-state index in [0.29, 0.717) is 6.42 Å². The molecule has 0 bridgehead atoms. The van der Waals surface area contributed by atoms with Crippen LogP contribution in [0.5, 0.6) is 0 Å². The van der Waals surface area contributed by atoms with Gasteiger partial charge in [-0.2, -0.15) is 5.10 Å². The van der Waals surface area contributed by atoms with Crippen molar-refractivity contribution in [3.8, 4) is 11.3 Å². The van der Waals surface area contributed by atoms with E-state index in [4.69, 9.17) is 4.98 Å². The summed E-state index contributed by atoms with van der Waals surface area (Å²) < 4.78 is 15.1. The summed E-state index contributed by atoms with van der Waals surface area (Å²) in [5.41, 5.74) is 5.99. The van der Waals surface area contributed by atoms with Gasteiger partial charge in [-0.1, -0.05) is 19.1 Å². The van der Waals surface area contributed by atoms with Crippen molar-refractivity contribution in [1.82, 2.24) is 24.7 Å². The molecule has 4 rings (SSSR count). The van der Waals surface area contributed by atoms with Crippen molar-refractivity contribution in [2.24, 2.45) is 7.05 Å². The number of hydrogen-bond donors (Lipinski definition) is 0. The van der Waals surface area contributed by atoms with Gasteiger partial charge in [-0.05, 0) is 48.2 Å². The van der Waals surface area contributed by atoms with Crippen molar-refractivity contribution in [3.05, 3.63) is 95.7 Å². The van der Waals surface area contributed by atoms with E-state index >= 15 is 0 Å². The second-order valence-electron chi connectivity index (χ2n) is 7.21. The van der Waals surface area contributed by atoms with Gasteiger partial charge >= 0.3 is 0 Å². The van der Waals surface area contributed by atoms with Gasteiger partial charge in [0.1, 0.15) is 5.82 Å². The Bertz CT molecular complexity index is 1090. The quantitative estimate of drug-likeness (QED) is 0.494. The zero-order valence-corrected chi connectivity index (χ0v) is 16.5. The summed E-state index contributed by atoms with van der Waals surface area (Å²) >= 11 is 0. The van der Waals surface area contributed by atoms with Gasteiger partial charge in [-0.15, -0.1) is 0 Å². The minimum atomic E-state index is -0.219. The van der Waals surface area contributed by atoms with Crippen LogP contribution in [0.3, 0.4) is 0 Å². The summed E-state index contributed by atoms with van der Waals surface area (Å²) in [7, 11) is 1.93. The van der Waals surface area contributed by atoms with Gasteiger partial charge < -0.3 is 0 Å². The van der Waals surface area contributed by atoms with Crippen LogP contribution in [0.2, 0.25) is 0 Å². The molecule has 1 aromatic carbocycles. The molecular formula is C23H22FN5. The minimum absolute atomic E-state index is 0.217. The molecule has 1 atom stereocenters. The average Bonchev–Trinajstić information content (AvgIpc) is 3.15. The maximum absolute atomic E-state index is 13.3. The van der Waals surface area contributed by atoms with Crippen molar-refractivity contribution < 1.29 is 4.39 Å². The van der Waals surface area contributed by atoms with Crippen molar-refractivity contribution in [2.75, 3.05) is 0 Å². The first-order valence-electron chi connectivity index (χ1n) is 9.57. The standard InChI is InChI=1S/C23H22FN5/c1-16(17-3-5-19(24)6-4-17)11-20-12-18(23-7-8-27-29(23)2)13-21(28-20)14-22-15-25-9-10-26-22/h3-10,12-13,15-16H,11,14H2,1-2H3/t16-/m1/s1. The van der Waals surface area contributed by atoms with Crippen LogP contribution in [0, 0.1) is 5.82 Å². The number of halogens is 1. The van der Waals surface area contributed by atoms with Gasteiger partial charge in [0.05, 0.1) is 11.4 Å². The smallest absolute Gasteiger partial charge is 0.123 e. The summed E-state index contributed by atoms with van der Waals surface area (Å²) in [6.45, 7) is 2.13. The lowest BCUT2D eigenvalue weighted by molar-refractivity contribution is 0.625.